The second-order valence-corrected chi connectivity index (χ2v) is 6.13. The predicted octanol–water partition coefficient (Wildman–Crippen LogP) is 3.41. The molecule has 0 radical (unpaired) electrons. The molecule has 2 atom stereocenters. The van der Waals surface area contributed by atoms with E-state index >= 15 is 0 Å². The van der Waals surface area contributed by atoms with Crippen molar-refractivity contribution in [3.05, 3.63) is 34.3 Å². The second-order valence-electron chi connectivity index (χ2n) is 5.27. The van der Waals surface area contributed by atoms with Gasteiger partial charge in [0, 0.05) is 36.2 Å². The van der Waals surface area contributed by atoms with Crippen LogP contribution in [-0.2, 0) is 6.54 Å². The zero-order chi connectivity index (χ0) is 13.0. The number of halogens is 1. The molecule has 0 amide bonds. The van der Waals surface area contributed by atoms with Crippen LogP contribution in [0.5, 0.6) is 0 Å². The van der Waals surface area contributed by atoms with Crippen LogP contribution in [0.2, 0.25) is 0 Å². The fraction of sp³-hybridized carbons (Fsp3) is 0.600. The fourth-order valence-electron chi connectivity index (χ4n) is 2.69. The summed E-state index contributed by atoms with van der Waals surface area (Å²) in [4.78, 5) is 2.63. The Morgan fingerprint density at radius 3 is 2.89 bits per heavy atom. The van der Waals surface area contributed by atoms with Gasteiger partial charge in [0.2, 0.25) is 0 Å². The quantitative estimate of drug-likeness (QED) is 0.917. The molecule has 1 fully saturated rings. The number of piperazine rings is 1. The summed E-state index contributed by atoms with van der Waals surface area (Å²) in [6.07, 6.45) is 2.54. The fourth-order valence-corrected chi connectivity index (χ4v) is 3.10. The van der Waals surface area contributed by atoms with Crippen molar-refractivity contribution in [3.8, 4) is 0 Å². The normalized spacial score (nSPS) is 25.3. The molecule has 1 N–H and O–H groups in total. The average molecular weight is 311 g/mol. The third-order valence-electron chi connectivity index (χ3n) is 3.68. The van der Waals surface area contributed by atoms with Gasteiger partial charge >= 0.3 is 0 Å². The number of hydrogen-bond acceptors (Lipinski definition) is 2. The lowest BCUT2D eigenvalue weighted by Crippen LogP contribution is -2.54. The molecule has 0 spiro atoms. The van der Waals surface area contributed by atoms with Gasteiger partial charge in [0.25, 0.3) is 0 Å². The number of nitrogens with one attached hydrogen (secondary N) is 1. The van der Waals surface area contributed by atoms with Gasteiger partial charge in [0.1, 0.15) is 0 Å². The minimum absolute atomic E-state index is 0.598. The topological polar surface area (TPSA) is 15.3 Å². The summed E-state index contributed by atoms with van der Waals surface area (Å²) in [6, 6.07) is 9.84. The zero-order valence-electron chi connectivity index (χ0n) is 11.3. The zero-order valence-corrected chi connectivity index (χ0v) is 12.9. The van der Waals surface area contributed by atoms with Gasteiger partial charge in [-0.05, 0) is 25.0 Å². The maximum Gasteiger partial charge on any atom is 0.0249 e. The minimum atomic E-state index is 0.598. The highest BCUT2D eigenvalue weighted by Gasteiger charge is 2.25. The second kappa shape index (κ2) is 6.69. The Labute approximate surface area is 119 Å². The molecule has 1 aliphatic rings. The molecule has 18 heavy (non-hydrogen) atoms. The molecule has 1 heterocycles. The molecule has 0 aromatic heterocycles. The van der Waals surface area contributed by atoms with Crippen molar-refractivity contribution < 1.29 is 0 Å². The van der Waals surface area contributed by atoms with Crippen molar-refractivity contribution in [3.63, 3.8) is 0 Å². The van der Waals surface area contributed by atoms with E-state index in [1.54, 1.807) is 0 Å². The van der Waals surface area contributed by atoms with Gasteiger partial charge in [-0.25, -0.2) is 0 Å². The van der Waals surface area contributed by atoms with Crippen molar-refractivity contribution in [2.75, 3.05) is 13.1 Å². The molecule has 3 heteroatoms. The van der Waals surface area contributed by atoms with E-state index in [0.29, 0.717) is 12.1 Å². The summed E-state index contributed by atoms with van der Waals surface area (Å²) < 4.78 is 1.23. The highest BCUT2D eigenvalue weighted by Crippen LogP contribution is 2.21. The molecule has 0 aliphatic carbocycles. The van der Waals surface area contributed by atoms with Gasteiger partial charge in [0.05, 0.1) is 0 Å². The summed E-state index contributed by atoms with van der Waals surface area (Å²) in [6.45, 7) is 7.87. The van der Waals surface area contributed by atoms with Crippen molar-refractivity contribution in [1.82, 2.24) is 10.2 Å². The van der Waals surface area contributed by atoms with Crippen LogP contribution < -0.4 is 5.32 Å². The summed E-state index contributed by atoms with van der Waals surface area (Å²) in [7, 11) is 0. The van der Waals surface area contributed by atoms with Crippen LogP contribution in [0.4, 0.5) is 0 Å². The van der Waals surface area contributed by atoms with Gasteiger partial charge in [-0.15, -0.1) is 0 Å². The number of rotatable bonds is 4. The van der Waals surface area contributed by atoms with Crippen LogP contribution in [0.3, 0.4) is 0 Å². The van der Waals surface area contributed by atoms with E-state index in [0.717, 1.165) is 19.6 Å². The highest BCUT2D eigenvalue weighted by atomic mass is 79.9. The predicted molar refractivity (Wildman–Crippen MR) is 80.7 cm³/mol. The van der Waals surface area contributed by atoms with Crippen LogP contribution in [0.1, 0.15) is 32.3 Å². The first-order valence-corrected chi connectivity index (χ1v) is 7.70. The molecular formula is C15H23BrN2. The lowest BCUT2D eigenvalue weighted by atomic mass is 10.0. The Morgan fingerprint density at radius 1 is 1.39 bits per heavy atom. The first kappa shape index (κ1) is 14.0. The van der Waals surface area contributed by atoms with E-state index in [-0.39, 0.29) is 0 Å². The molecular weight excluding hydrogens is 288 g/mol. The molecule has 100 valence electrons. The smallest absolute Gasteiger partial charge is 0.0249 e. The largest absolute Gasteiger partial charge is 0.311 e. The van der Waals surface area contributed by atoms with E-state index in [2.05, 4.69) is 64.3 Å². The van der Waals surface area contributed by atoms with Crippen molar-refractivity contribution >= 4 is 15.9 Å². The van der Waals surface area contributed by atoms with E-state index in [9.17, 15) is 0 Å². The lowest BCUT2D eigenvalue weighted by Gasteiger charge is -2.39. The molecule has 1 saturated heterocycles. The third kappa shape index (κ3) is 3.56. The van der Waals surface area contributed by atoms with E-state index in [4.69, 9.17) is 0 Å². The van der Waals surface area contributed by atoms with Gasteiger partial charge in [-0.1, -0.05) is 47.5 Å². The summed E-state index contributed by atoms with van der Waals surface area (Å²) >= 11 is 3.65. The van der Waals surface area contributed by atoms with E-state index < -0.39 is 0 Å². The summed E-state index contributed by atoms with van der Waals surface area (Å²) in [5.41, 5.74) is 1.40. The van der Waals surface area contributed by atoms with Gasteiger partial charge in [-0.2, -0.15) is 0 Å². The molecule has 1 aromatic rings. The van der Waals surface area contributed by atoms with E-state index in [1.165, 1.54) is 22.9 Å². The standard InChI is InChI=1S/C15H23BrN2/c1-3-6-14-9-17-12(2)10-18(14)11-13-7-4-5-8-15(13)16/h4-5,7-8,12,14,17H,3,6,9-11H2,1-2H3. The maximum absolute atomic E-state index is 3.65. The van der Waals surface area contributed by atoms with Crippen molar-refractivity contribution in [1.29, 1.82) is 0 Å². The van der Waals surface area contributed by atoms with E-state index in [1.807, 2.05) is 0 Å². The lowest BCUT2D eigenvalue weighted by molar-refractivity contribution is 0.120. The van der Waals surface area contributed by atoms with Crippen LogP contribution >= 0.6 is 15.9 Å². The summed E-state index contributed by atoms with van der Waals surface area (Å²) in [5.74, 6) is 0. The van der Waals surface area contributed by atoms with Crippen molar-refractivity contribution in [2.24, 2.45) is 0 Å². The van der Waals surface area contributed by atoms with Gasteiger partial charge in [-0.3, -0.25) is 4.90 Å². The van der Waals surface area contributed by atoms with Crippen molar-refractivity contribution in [2.45, 2.75) is 45.3 Å². The van der Waals surface area contributed by atoms with Gasteiger partial charge in [0.15, 0.2) is 0 Å². The first-order valence-electron chi connectivity index (χ1n) is 6.91. The monoisotopic (exact) mass is 310 g/mol. The SMILES string of the molecule is CCCC1CNC(C)CN1Cc1ccccc1Br. The molecule has 0 bridgehead atoms. The summed E-state index contributed by atoms with van der Waals surface area (Å²) in [5, 5.41) is 3.59. The Kier molecular flexibility index (Phi) is 5.22. The maximum atomic E-state index is 3.65. The molecule has 1 aromatic carbocycles. The Hall–Kier alpha value is -0.380. The van der Waals surface area contributed by atoms with Crippen LogP contribution in [0, 0.1) is 0 Å². The number of benzene rings is 1. The molecule has 2 unspecified atom stereocenters. The van der Waals surface area contributed by atoms with Crippen LogP contribution in [0.15, 0.2) is 28.7 Å². The number of nitrogens with zero attached hydrogens (tertiary/aromatic N) is 1. The Balaban J connectivity index is 2.06. The molecule has 2 nitrogen and oxygen atoms in total. The Morgan fingerprint density at radius 2 is 2.17 bits per heavy atom. The van der Waals surface area contributed by atoms with Gasteiger partial charge < -0.3 is 5.32 Å². The molecule has 1 aliphatic heterocycles. The average Bonchev–Trinajstić information content (AvgIpc) is 2.36. The molecule has 2 rings (SSSR count). The highest BCUT2D eigenvalue weighted by molar-refractivity contribution is 9.10. The first-order chi connectivity index (χ1) is 8.70. The molecule has 0 saturated carbocycles. The Bertz CT molecular complexity index is 381. The third-order valence-corrected chi connectivity index (χ3v) is 4.45. The number of hydrogen-bond donors (Lipinski definition) is 1. The van der Waals surface area contributed by atoms with Crippen LogP contribution in [0.25, 0.3) is 0 Å². The minimum Gasteiger partial charge on any atom is -0.311 e. The van der Waals surface area contributed by atoms with Crippen LogP contribution in [-0.4, -0.2) is 30.1 Å².